The Bertz CT molecular complexity index is 1270. The van der Waals surface area contributed by atoms with Crippen molar-refractivity contribution in [3.63, 3.8) is 0 Å². The van der Waals surface area contributed by atoms with Crippen molar-refractivity contribution in [2.45, 2.75) is 18.7 Å². The van der Waals surface area contributed by atoms with Gasteiger partial charge in [0.1, 0.15) is 11.7 Å². The number of thioether (sulfide) groups is 1. The smallest absolute Gasteiger partial charge is 0.262 e. The molecule has 0 fully saturated rings. The molecule has 0 aliphatic carbocycles. The summed E-state index contributed by atoms with van der Waals surface area (Å²) >= 11 is 3.36. The second-order valence-electron chi connectivity index (χ2n) is 7.25. The minimum atomic E-state index is -0.0737. The van der Waals surface area contributed by atoms with Crippen LogP contribution in [-0.2, 0) is 16.6 Å². The SMILES string of the molecule is CC(=O)Nc1ccc2c(c1)S/C(=C/C=C/c1sc3cc(NC(C)=O)ccc3[n+]1C)N2C.[I-]. The predicted octanol–water partition coefficient (Wildman–Crippen LogP) is 1.74. The monoisotopic (exact) mass is 578 g/mol. The number of hydrogen-bond donors (Lipinski definition) is 2. The number of benzene rings is 2. The van der Waals surface area contributed by atoms with Gasteiger partial charge in [0.2, 0.25) is 17.3 Å². The van der Waals surface area contributed by atoms with E-state index in [1.54, 1.807) is 23.1 Å². The summed E-state index contributed by atoms with van der Waals surface area (Å²) in [6.07, 6.45) is 6.24. The Hall–Kier alpha value is -2.37. The van der Waals surface area contributed by atoms with E-state index in [-0.39, 0.29) is 35.8 Å². The lowest BCUT2D eigenvalue weighted by atomic mass is 10.2. The number of halogens is 1. The van der Waals surface area contributed by atoms with E-state index in [9.17, 15) is 9.59 Å². The van der Waals surface area contributed by atoms with Crippen molar-refractivity contribution in [1.29, 1.82) is 0 Å². The number of nitrogens with one attached hydrogen (secondary N) is 2. The van der Waals surface area contributed by atoms with Crippen molar-refractivity contribution in [2.75, 3.05) is 22.6 Å². The summed E-state index contributed by atoms with van der Waals surface area (Å²) in [7, 11) is 4.08. The molecular formula is C23H23IN4O2S2. The van der Waals surface area contributed by atoms with E-state index in [0.29, 0.717) is 0 Å². The zero-order valence-corrected chi connectivity index (χ0v) is 21.9. The van der Waals surface area contributed by atoms with Crippen LogP contribution in [0.4, 0.5) is 17.1 Å². The van der Waals surface area contributed by atoms with Crippen molar-refractivity contribution < 1.29 is 38.1 Å². The Morgan fingerprint density at radius 1 is 1.03 bits per heavy atom. The fourth-order valence-corrected chi connectivity index (χ4v) is 5.62. The Balaban J connectivity index is 0.00000289. The van der Waals surface area contributed by atoms with E-state index in [1.807, 2.05) is 50.5 Å². The Morgan fingerprint density at radius 2 is 1.69 bits per heavy atom. The van der Waals surface area contributed by atoms with Gasteiger partial charge in [0.25, 0.3) is 5.01 Å². The largest absolute Gasteiger partial charge is 1.00 e. The van der Waals surface area contributed by atoms with E-state index >= 15 is 0 Å². The number of carbonyl (C=O) groups is 2. The average Bonchev–Trinajstić information content (AvgIpc) is 3.17. The first-order valence-electron chi connectivity index (χ1n) is 9.73. The van der Waals surface area contributed by atoms with Crippen LogP contribution in [0.15, 0.2) is 58.5 Å². The van der Waals surface area contributed by atoms with Crippen molar-refractivity contribution in [3.05, 3.63) is 58.6 Å². The molecule has 32 heavy (non-hydrogen) atoms. The second kappa shape index (κ2) is 10.1. The van der Waals surface area contributed by atoms with Gasteiger partial charge < -0.3 is 39.5 Å². The summed E-state index contributed by atoms with van der Waals surface area (Å²) in [4.78, 5) is 25.9. The summed E-state index contributed by atoms with van der Waals surface area (Å²) in [5.41, 5.74) is 3.85. The number of rotatable bonds is 4. The van der Waals surface area contributed by atoms with Gasteiger partial charge in [0.15, 0.2) is 0 Å². The number of aromatic nitrogens is 1. The second-order valence-corrected chi connectivity index (χ2v) is 9.38. The maximum absolute atomic E-state index is 11.3. The highest BCUT2D eigenvalue weighted by molar-refractivity contribution is 8.03. The van der Waals surface area contributed by atoms with Crippen LogP contribution < -0.4 is 44.1 Å². The normalized spacial score (nSPS) is 14.0. The first kappa shape index (κ1) is 24.3. The van der Waals surface area contributed by atoms with Gasteiger partial charge in [-0.15, -0.1) is 0 Å². The van der Waals surface area contributed by atoms with Crippen LogP contribution >= 0.6 is 23.1 Å². The Labute approximate surface area is 212 Å². The molecule has 0 unspecified atom stereocenters. The maximum atomic E-state index is 11.3. The van der Waals surface area contributed by atoms with E-state index in [0.717, 1.165) is 42.2 Å². The van der Waals surface area contributed by atoms with Gasteiger partial charge in [-0.2, -0.15) is 4.57 Å². The average molecular weight is 579 g/mol. The summed E-state index contributed by atoms with van der Waals surface area (Å²) in [5, 5.41) is 7.89. The van der Waals surface area contributed by atoms with Gasteiger partial charge in [-0.3, -0.25) is 9.59 Å². The molecule has 0 bridgehead atoms. The van der Waals surface area contributed by atoms with Crippen molar-refractivity contribution in [2.24, 2.45) is 7.05 Å². The molecule has 1 aromatic heterocycles. The number of hydrogen-bond acceptors (Lipinski definition) is 5. The molecule has 0 radical (unpaired) electrons. The highest BCUT2D eigenvalue weighted by Gasteiger charge is 2.22. The Morgan fingerprint density at radius 3 is 2.38 bits per heavy atom. The molecule has 1 aliphatic rings. The third-order valence-electron chi connectivity index (χ3n) is 4.85. The fraction of sp³-hybridized carbons (Fsp3) is 0.174. The number of fused-ring (bicyclic) bond motifs is 2. The molecule has 6 nitrogen and oxygen atoms in total. The zero-order chi connectivity index (χ0) is 22.1. The number of carbonyl (C=O) groups excluding carboxylic acids is 2. The first-order valence-corrected chi connectivity index (χ1v) is 11.4. The van der Waals surface area contributed by atoms with Gasteiger partial charge in [-0.05, 0) is 36.4 Å². The summed E-state index contributed by atoms with van der Waals surface area (Å²) < 4.78 is 3.26. The lowest BCUT2D eigenvalue weighted by Crippen LogP contribution is -3.00. The maximum Gasteiger partial charge on any atom is 0.262 e. The lowest BCUT2D eigenvalue weighted by molar-refractivity contribution is -0.642. The van der Waals surface area contributed by atoms with Gasteiger partial charge in [-0.1, -0.05) is 29.2 Å². The van der Waals surface area contributed by atoms with Crippen molar-refractivity contribution in [3.8, 4) is 0 Å². The minimum absolute atomic E-state index is 0. The molecule has 2 aromatic carbocycles. The molecule has 2 heterocycles. The molecular weight excluding hydrogens is 555 g/mol. The molecule has 9 heteroatoms. The quantitative estimate of drug-likeness (QED) is 0.366. The Kier molecular flexibility index (Phi) is 7.63. The fourth-order valence-electron chi connectivity index (χ4n) is 3.41. The molecule has 4 rings (SSSR count). The standard InChI is InChI=1S/C23H22N4O2S2.HI/c1-14(28)24-16-8-10-18-20(12-16)30-22(26(18)3)6-5-7-23-27(4)19-11-9-17(25-15(2)29)13-21(19)31-23;/h5-13H,1-4H3,(H-,24,25,28,29);1H. The topological polar surface area (TPSA) is 65.3 Å². The number of aryl methyl sites for hydroxylation is 1. The van der Waals surface area contributed by atoms with Gasteiger partial charge in [0.05, 0.1) is 10.7 Å². The van der Waals surface area contributed by atoms with Crippen molar-refractivity contribution in [1.82, 2.24) is 0 Å². The molecule has 0 saturated carbocycles. The van der Waals surface area contributed by atoms with Crippen LogP contribution in [0.1, 0.15) is 18.9 Å². The summed E-state index contributed by atoms with van der Waals surface area (Å²) in [6.45, 7) is 3.02. The van der Waals surface area contributed by atoms with E-state index < -0.39 is 0 Å². The molecule has 3 aromatic rings. The molecule has 2 amide bonds. The van der Waals surface area contributed by atoms with E-state index in [1.165, 1.54) is 13.8 Å². The number of anilines is 3. The molecule has 2 N–H and O–H groups in total. The summed E-state index contributed by atoms with van der Waals surface area (Å²) in [5.74, 6) is -0.147. The van der Waals surface area contributed by atoms with Crippen LogP contribution in [-0.4, -0.2) is 18.9 Å². The van der Waals surface area contributed by atoms with Gasteiger partial charge in [0, 0.05) is 49.3 Å². The van der Waals surface area contributed by atoms with Crippen LogP contribution in [0.25, 0.3) is 16.3 Å². The van der Waals surface area contributed by atoms with E-state index in [2.05, 4.69) is 38.3 Å². The first-order chi connectivity index (χ1) is 14.8. The van der Waals surface area contributed by atoms with Crippen LogP contribution in [0.5, 0.6) is 0 Å². The summed E-state index contributed by atoms with van der Waals surface area (Å²) in [6, 6.07) is 11.9. The highest BCUT2D eigenvalue weighted by atomic mass is 127. The third-order valence-corrected chi connectivity index (χ3v) is 7.18. The van der Waals surface area contributed by atoms with Crippen LogP contribution in [0.3, 0.4) is 0 Å². The molecule has 0 spiro atoms. The van der Waals surface area contributed by atoms with Gasteiger partial charge >= 0.3 is 0 Å². The minimum Gasteiger partial charge on any atom is -1.00 e. The van der Waals surface area contributed by atoms with Gasteiger partial charge in [-0.25, -0.2) is 0 Å². The highest BCUT2D eigenvalue weighted by Crippen LogP contribution is 2.46. The number of nitrogens with zero attached hydrogens (tertiary/aromatic N) is 2. The molecule has 166 valence electrons. The number of thiazole rings is 1. The lowest BCUT2D eigenvalue weighted by Gasteiger charge is -2.13. The number of amides is 2. The number of allylic oxidation sites excluding steroid dienone is 2. The zero-order valence-electron chi connectivity index (χ0n) is 18.1. The molecule has 0 atom stereocenters. The predicted molar refractivity (Wildman–Crippen MR) is 129 cm³/mol. The third kappa shape index (κ3) is 5.16. The van der Waals surface area contributed by atoms with E-state index in [4.69, 9.17) is 0 Å². The molecule has 0 saturated heterocycles. The molecule has 1 aliphatic heterocycles. The van der Waals surface area contributed by atoms with Crippen LogP contribution in [0, 0.1) is 0 Å². The van der Waals surface area contributed by atoms with Crippen molar-refractivity contribution >= 4 is 68.3 Å². The van der Waals surface area contributed by atoms with Crippen LogP contribution in [0.2, 0.25) is 0 Å².